The Bertz CT molecular complexity index is 744. The molecule has 3 N–H and O–H groups in total. The summed E-state index contributed by atoms with van der Waals surface area (Å²) >= 11 is 0. The number of hydrogen-bond acceptors (Lipinski definition) is 3. The third-order valence-electron chi connectivity index (χ3n) is 2.99. The lowest BCUT2D eigenvalue weighted by molar-refractivity contribution is 0.442. The van der Waals surface area contributed by atoms with Crippen LogP contribution in [0.1, 0.15) is 11.6 Å². The van der Waals surface area contributed by atoms with E-state index in [0.717, 1.165) is 0 Å². The van der Waals surface area contributed by atoms with Gasteiger partial charge in [0.05, 0.1) is 4.90 Å². The molecule has 0 heterocycles. The van der Waals surface area contributed by atoms with E-state index in [1.165, 1.54) is 0 Å². The molecule has 0 aromatic heterocycles. The summed E-state index contributed by atoms with van der Waals surface area (Å²) in [5.41, 5.74) is 6.53. The van der Waals surface area contributed by atoms with Gasteiger partial charge in [0.2, 0.25) is 10.0 Å². The Morgan fingerprint density at radius 1 is 1.05 bits per heavy atom. The smallest absolute Gasteiger partial charge is 0.240 e. The lowest BCUT2D eigenvalue weighted by Crippen LogP contribution is -2.32. The van der Waals surface area contributed by atoms with Crippen LogP contribution in [0.15, 0.2) is 47.4 Å². The number of benzene rings is 2. The predicted molar refractivity (Wildman–Crippen MR) is 74.9 cm³/mol. The van der Waals surface area contributed by atoms with E-state index in [-0.39, 0.29) is 6.54 Å². The quantitative estimate of drug-likeness (QED) is 0.825. The highest BCUT2D eigenvalue weighted by Crippen LogP contribution is 2.18. The summed E-state index contributed by atoms with van der Waals surface area (Å²) in [5, 5.41) is 0. The first kappa shape index (κ1) is 16.5. The van der Waals surface area contributed by atoms with Crippen LogP contribution in [0.2, 0.25) is 0 Å². The highest BCUT2D eigenvalue weighted by molar-refractivity contribution is 7.89. The molecule has 2 aromatic rings. The van der Waals surface area contributed by atoms with Crippen molar-refractivity contribution in [2.75, 3.05) is 6.54 Å². The van der Waals surface area contributed by atoms with Gasteiger partial charge in [-0.05, 0) is 17.7 Å². The Morgan fingerprint density at radius 2 is 1.59 bits per heavy atom. The van der Waals surface area contributed by atoms with Crippen molar-refractivity contribution in [1.29, 1.82) is 0 Å². The van der Waals surface area contributed by atoms with Gasteiger partial charge in [0.25, 0.3) is 0 Å². The van der Waals surface area contributed by atoms with Gasteiger partial charge in [-0.25, -0.2) is 26.3 Å². The highest BCUT2D eigenvalue weighted by Gasteiger charge is 2.20. The fraction of sp³-hybridized carbons (Fsp3) is 0.143. The van der Waals surface area contributed by atoms with Crippen LogP contribution in [0.3, 0.4) is 0 Å². The summed E-state index contributed by atoms with van der Waals surface area (Å²) in [6.07, 6.45) is 0. The highest BCUT2D eigenvalue weighted by atomic mass is 32.2. The molecule has 2 rings (SSSR count). The first-order valence-electron chi connectivity index (χ1n) is 6.26. The first-order valence-corrected chi connectivity index (χ1v) is 7.74. The van der Waals surface area contributed by atoms with Crippen molar-refractivity contribution in [2.24, 2.45) is 5.73 Å². The fourth-order valence-corrected chi connectivity index (χ4v) is 2.87. The van der Waals surface area contributed by atoms with E-state index >= 15 is 0 Å². The maximum Gasteiger partial charge on any atom is 0.240 e. The topological polar surface area (TPSA) is 72.2 Å². The standard InChI is InChI=1S/C14H13F3N2O2S/c15-11-6-10(7-12(16)14(11)17)22(20,21)19-8-13(18)9-4-2-1-3-5-9/h1-7,13,19H,8,18H2/t13-/m0/s1. The van der Waals surface area contributed by atoms with Gasteiger partial charge >= 0.3 is 0 Å². The molecule has 8 heteroatoms. The van der Waals surface area contributed by atoms with Gasteiger partial charge in [0.15, 0.2) is 17.5 Å². The molecule has 0 bridgehead atoms. The molecule has 0 aliphatic carbocycles. The number of sulfonamides is 1. The van der Waals surface area contributed by atoms with Crippen LogP contribution >= 0.6 is 0 Å². The van der Waals surface area contributed by atoms with Gasteiger partial charge in [0.1, 0.15) is 0 Å². The van der Waals surface area contributed by atoms with Crippen molar-refractivity contribution < 1.29 is 21.6 Å². The Balaban J connectivity index is 2.15. The van der Waals surface area contributed by atoms with Crippen molar-refractivity contribution in [1.82, 2.24) is 4.72 Å². The minimum atomic E-state index is -4.20. The van der Waals surface area contributed by atoms with E-state index in [4.69, 9.17) is 5.73 Å². The molecule has 0 aliphatic heterocycles. The maximum atomic E-state index is 13.1. The summed E-state index contributed by atoms with van der Waals surface area (Å²) in [4.78, 5) is -0.704. The molecule has 0 fully saturated rings. The van der Waals surface area contributed by atoms with Crippen molar-refractivity contribution in [3.63, 3.8) is 0 Å². The lowest BCUT2D eigenvalue weighted by Gasteiger charge is -2.13. The Hall–Kier alpha value is -1.90. The van der Waals surface area contributed by atoms with Gasteiger partial charge in [-0.1, -0.05) is 30.3 Å². The minimum Gasteiger partial charge on any atom is -0.323 e. The second-order valence-electron chi connectivity index (χ2n) is 4.57. The second-order valence-corrected chi connectivity index (χ2v) is 6.34. The molecular weight excluding hydrogens is 317 g/mol. The van der Waals surface area contributed by atoms with Crippen molar-refractivity contribution >= 4 is 10.0 Å². The molecule has 1 atom stereocenters. The van der Waals surface area contributed by atoms with E-state index in [1.807, 2.05) is 0 Å². The summed E-state index contributed by atoms with van der Waals surface area (Å²) < 4.78 is 65.1. The molecular formula is C14H13F3N2O2S. The third kappa shape index (κ3) is 3.65. The zero-order valence-corrected chi connectivity index (χ0v) is 12.1. The van der Waals surface area contributed by atoms with Gasteiger partial charge in [-0.2, -0.15) is 0 Å². The molecule has 0 amide bonds. The summed E-state index contributed by atoms with van der Waals surface area (Å²) in [6.45, 7) is -0.174. The van der Waals surface area contributed by atoms with E-state index < -0.39 is 38.4 Å². The molecule has 4 nitrogen and oxygen atoms in total. The number of halogens is 3. The minimum absolute atomic E-state index is 0.174. The van der Waals surface area contributed by atoms with Crippen LogP contribution in [0, 0.1) is 17.5 Å². The third-order valence-corrected chi connectivity index (χ3v) is 4.39. The normalized spacial score (nSPS) is 13.1. The maximum absolute atomic E-state index is 13.1. The van der Waals surface area contributed by atoms with Crippen molar-refractivity contribution in [2.45, 2.75) is 10.9 Å². The van der Waals surface area contributed by atoms with Crippen LogP contribution in [-0.4, -0.2) is 15.0 Å². The predicted octanol–water partition coefficient (Wildman–Crippen LogP) is 2.08. The van der Waals surface area contributed by atoms with E-state index in [9.17, 15) is 21.6 Å². The van der Waals surface area contributed by atoms with Crippen LogP contribution in [-0.2, 0) is 10.0 Å². The number of nitrogens with two attached hydrogens (primary N) is 1. The molecule has 118 valence electrons. The van der Waals surface area contributed by atoms with E-state index in [0.29, 0.717) is 17.7 Å². The van der Waals surface area contributed by atoms with Crippen LogP contribution in [0.25, 0.3) is 0 Å². The van der Waals surface area contributed by atoms with Gasteiger partial charge in [0, 0.05) is 12.6 Å². The monoisotopic (exact) mass is 330 g/mol. The first-order chi connectivity index (χ1) is 10.3. The molecule has 0 saturated carbocycles. The number of rotatable bonds is 5. The molecule has 0 spiro atoms. The summed E-state index contributed by atoms with van der Waals surface area (Å²) in [7, 11) is -4.20. The molecule has 0 unspecified atom stereocenters. The van der Waals surface area contributed by atoms with Crippen molar-refractivity contribution in [3.8, 4) is 0 Å². The number of hydrogen-bond donors (Lipinski definition) is 2. The zero-order chi connectivity index (χ0) is 16.3. The number of nitrogens with one attached hydrogen (secondary N) is 1. The van der Waals surface area contributed by atoms with Gasteiger partial charge < -0.3 is 5.73 Å². The fourth-order valence-electron chi connectivity index (χ4n) is 1.79. The Labute approximate surface area is 125 Å². The Morgan fingerprint density at radius 3 is 2.14 bits per heavy atom. The van der Waals surface area contributed by atoms with Crippen LogP contribution in [0.5, 0.6) is 0 Å². The van der Waals surface area contributed by atoms with Gasteiger partial charge in [-0.15, -0.1) is 0 Å². The summed E-state index contributed by atoms with van der Waals surface area (Å²) in [5.74, 6) is -4.87. The second kappa shape index (κ2) is 6.47. The molecule has 0 aliphatic rings. The molecule has 0 radical (unpaired) electrons. The van der Waals surface area contributed by atoms with Gasteiger partial charge in [-0.3, -0.25) is 0 Å². The lowest BCUT2D eigenvalue weighted by atomic mass is 10.1. The average Bonchev–Trinajstić information content (AvgIpc) is 2.50. The summed E-state index contributed by atoms with van der Waals surface area (Å²) in [6, 6.07) is 8.90. The average molecular weight is 330 g/mol. The van der Waals surface area contributed by atoms with E-state index in [2.05, 4.69) is 4.72 Å². The SMILES string of the molecule is N[C@@H](CNS(=O)(=O)c1cc(F)c(F)c(F)c1)c1ccccc1. The van der Waals surface area contributed by atoms with Crippen LogP contribution < -0.4 is 10.5 Å². The zero-order valence-electron chi connectivity index (χ0n) is 11.3. The van der Waals surface area contributed by atoms with Crippen LogP contribution in [0.4, 0.5) is 13.2 Å². The van der Waals surface area contributed by atoms with Crippen molar-refractivity contribution in [3.05, 3.63) is 65.5 Å². The molecule has 2 aromatic carbocycles. The molecule has 22 heavy (non-hydrogen) atoms. The Kier molecular flexibility index (Phi) is 4.84. The van der Waals surface area contributed by atoms with E-state index in [1.54, 1.807) is 30.3 Å². The largest absolute Gasteiger partial charge is 0.323 e. The molecule has 0 saturated heterocycles.